The molecule has 0 unspecified atom stereocenters. The van der Waals surface area contributed by atoms with Crippen LogP contribution >= 0.6 is 0 Å². The van der Waals surface area contributed by atoms with E-state index in [1.807, 2.05) is 31.2 Å². The number of imide groups is 1. The van der Waals surface area contributed by atoms with Crippen molar-refractivity contribution in [1.82, 2.24) is 15.3 Å². The summed E-state index contributed by atoms with van der Waals surface area (Å²) in [5, 5.41) is 2.60. The Morgan fingerprint density at radius 1 is 1.13 bits per heavy atom. The Bertz CT molecular complexity index is 771. The van der Waals surface area contributed by atoms with Crippen LogP contribution in [0.4, 0.5) is 10.6 Å². The van der Waals surface area contributed by atoms with Gasteiger partial charge in [0.1, 0.15) is 17.6 Å². The van der Waals surface area contributed by atoms with Gasteiger partial charge < -0.3 is 10.1 Å². The Labute approximate surface area is 133 Å². The maximum absolute atomic E-state index is 12.3. The summed E-state index contributed by atoms with van der Waals surface area (Å²) in [7, 11) is 0. The zero-order chi connectivity index (χ0) is 16.6. The number of nitrogens with zero attached hydrogens (tertiary/aromatic N) is 3. The second-order valence-electron chi connectivity index (χ2n) is 5.83. The zero-order valence-corrected chi connectivity index (χ0v) is 13.0. The Hall–Kier alpha value is -2.96. The van der Waals surface area contributed by atoms with Crippen molar-refractivity contribution < 1.29 is 14.3 Å². The Balaban J connectivity index is 1.87. The van der Waals surface area contributed by atoms with Crippen LogP contribution in [-0.4, -0.2) is 27.4 Å². The van der Waals surface area contributed by atoms with Crippen molar-refractivity contribution in [3.63, 3.8) is 0 Å². The van der Waals surface area contributed by atoms with E-state index in [2.05, 4.69) is 15.3 Å². The van der Waals surface area contributed by atoms with E-state index in [1.54, 1.807) is 13.8 Å². The van der Waals surface area contributed by atoms with Crippen LogP contribution in [0.5, 0.6) is 11.6 Å². The number of nitrogens with one attached hydrogen (secondary N) is 1. The molecule has 7 nitrogen and oxygen atoms in total. The van der Waals surface area contributed by atoms with Gasteiger partial charge in [-0.25, -0.2) is 19.7 Å². The number of aromatic nitrogens is 2. The summed E-state index contributed by atoms with van der Waals surface area (Å²) >= 11 is 0. The fourth-order valence-electron chi connectivity index (χ4n) is 2.19. The fourth-order valence-corrected chi connectivity index (χ4v) is 2.19. The summed E-state index contributed by atoms with van der Waals surface area (Å²) in [5.74, 6) is 0.666. The fraction of sp³-hybridized carbons (Fsp3) is 0.250. The third kappa shape index (κ3) is 2.85. The summed E-state index contributed by atoms with van der Waals surface area (Å²) in [6.07, 6.45) is 1.25. The monoisotopic (exact) mass is 312 g/mol. The number of carbonyl (C=O) groups excluding carboxylic acids is 2. The zero-order valence-electron chi connectivity index (χ0n) is 13.0. The molecule has 1 aromatic heterocycles. The molecule has 1 saturated heterocycles. The Morgan fingerprint density at radius 3 is 2.43 bits per heavy atom. The molecule has 1 aliphatic heterocycles. The van der Waals surface area contributed by atoms with Crippen molar-refractivity contribution in [3.05, 3.63) is 42.2 Å². The van der Waals surface area contributed by atoms with Crippen LogP contribution in [0.2, 0.25) is 0 Å². The first-order valence-corrected chi connectivity index (χ1v) is 7.10. The number of hydrogen-bond acceptors (Lipinski definition) is 5. The second-order valence-corrected chi connectivity index (χ2v) is 5.83. The molecular formula is C16H16N4O3. The maximum Gasteiger partial charge on any atom is 0.330 e. The van der Waals surface area contributed by atoms with Gasteiger partial charge in [0, 0.05) is 6.07 Å². The first-order chi connectivity index (χ1) is 10.9. The number of benzene rings is 1. The van der Waals surface area contributed by atoms with Crippen LogP contribution in [0.15, 0.2) is 36.7 Å². The summed E-state index contributed by atoms with van der Waals surface area (Å²) < 4.78 is 5.64. The standard InChI is InChI=1S/C16H16N4O3/c1-10-4-6-11(7-5-10)23-13-8-12(17-9-18-13)20-14(21)16(2,3)19-15(20)22/h4-9H,1-3H3,(H,19,22). The van der Waals surface area contributed by atoms with E-state index in [-0.39, 0.29) is 17.6 Å². The predicted octanol–water partition coefficient (Wildman–Crippen LogP) is 2.41. The van der Waals surface area contributed by atoms with Crippen LogP contribution in [0.25, 0.3) is 0 Å². The van der Waals surface area contributed by atoms with Crippen molar-refractivity contribution in [3.8, 4) is 11.6 Å². The normalized spacial score (nSPS) is 16.4. The summed E-state index contributed by atoms with van der Waals surface area (Å²) in [5.41, 5.74) is 0.155. The lowest BCUT2D eigenvalue weighted by atomic mass is 10.1. The molecule has 0 atom stereocenters. The molecule has 0 bridgehead atoms. The molecule has 1 N–H and O–H groups in total. The minimum absolute atomic E-state index is 0.176. The van der Waals surface area contributed by atoms with E-state index in [4.69, 9.17) is 4.74 Å². The molecule has 0 aliphatic carbocycles. The van der Waals surface area contributed by atoms with E-state index in [0.717, 1.165) is 10.5 Å². The first kappa shape index (κ1) is 15.0. The third-order valence-electron chi connectivity index (χ3n) is 3.46. The summed E-state index contributed by atoms with van der Waals surface area (Å²) in [4.78, 5) is 33.3. The van der Waals surface area contributed by atoms with Crippen LogP contribution in [0.3, 0.4) is 0 Å². The molecule has 3 rings (SSSR count). The van der Waals surface area contributed by atoms with E-state index < -0.39 is 11.6 Å². The lowest BCUT2D eigenvalue weighted by Gasteiger charge is -2.15. The van der Waals surface area contributed by atoms with Crippen LogP contribution in [0, 0.1) is 6.92 Å². The number of amides is 3. The molecule has 2 aromatic rings. The van der Waals surface area contributed by atoms with Gasteiger partial charge in [0.05, 0.1) is 0 Å². The van der Waals surface area contributed by atoms with Gasteiger partial charge in [-0.05, 0) is 32.9 Å². The van der Waals surface area contributed by atoms with Crippen molar-refractivity contribution >= 4 is 17.8 Å². The van der Waals surface area contributed by atoms with E-state index in [1.165, 1.54) is 12.4 Å². The molecule has 23 heavy (non-hydrogen) atoms. The quantitative estimate of drug-likeness (QED) is 0.880. The first-order valence-electron chi connectivity index (χ1n) is 7.10. The molecule has 1 aromatic carbocycles. The summed E-state index contributed by atoms with van der Waals surface area (Å²) in [6, 6.07) is 8.40. The number of hydrogen-bond donors (Lipinski definition) is 1. The number of anilines is 1. The van der Waals surface area contributed by atoms with Crippen LogP contribution in [0.1, 0.15) is 19.4 Å². The lowest BCUT2D eigenvalue weighted by molar-refractivity contribution is -0.121. The predicted molar refractivity (Wildman–Crippen MR) is 83.4 cm³/mol. The largest absolute Gasteiger partial charge is 0.439 e. The highest BCUT2D eigenvalue weighted by Gasteiger charge is 2.45. The van der Waals surface area contributed by atoms with Crippen molar-refractivity contribution in [2.75, 3.05) is 4.90 Å². The molecule has 0 spiro atoms. The molecule has 118 valence electrons. The van der Waals surface area contributed by atoms with Crippen LogP contribution in [-0.2, 0) is 4.79 Å². The molecule has 0 radical (unpaired) electrons. The number of ether oxygens (including phenoxy) is 1. The van der Waals surface area contributed by atoms with Gasteiger partial charge in [0.15, 0.2) is 5.82 Å². The maximum atomic E-state index is 12.3. The smallest absolute Gasteiger partial charge is 0.330 e. The van der Waals surface area contributed by atoms with Gasteiger partial charge in [0.25, 0.3) is 5.91 Å². The highest BCUT2D eigenvalue weighted by Crippen LogP contribution is 2.26. The van der Waals surface area contributed by atoms with Gasteiger partial charge in [-0.15, -0.1) is 0 Å². The average Bonchev–Trinajstić information content (AvgIpc) is 2.70. The second kappa shape index (κ2) is 5.35. The molecule has 1 aliphatic rings. The number of urea groups is 1. The molecule has 3 amide bonds. The van der Waals surface area contributed by atoms with Gasteiger partial charge in [-0.2, -0.15) is 0 Å². The van der Waals surface area contributed by atoms with Crippen molar-refractivity contribution in [2.24, 2.45) is 0 Å². The Morgan fingerprint density at radius 2 is 1.83 bits per heavy atom. The van der Waals surface area contributed by atoms with E-state index in [9.17, 15) is 9.59 Å². The van der Waals surface area contributed by atoms with Gasteiger partial charge >= 0.3 is 6.03 Å². The number of carbonyl (C=O) groups is 2. The number of aryl methyl sites for hydroxylation is 1. The minimum atomic E-state index is -0.958. The highest BCUT2D eigenvalue weighted by atomic mass is 16.5. The molecular weight excluding hydrogens is 296 g/mol. The average molecular weight is 312 g/mol. The topological polar surface area (TPSA) is 84.4 Å². The van der Waals surface area contributed by atoms with Crippen LogP contribution < -0.4 is 15.0 Å². The van der Waals surface area contributed by atoms with Gasteiger partial charge in [-0.3, -0.25) is 4.79 Å². The number of rotatable bonds is 3. The van der Waals surface area contributed by atoms with Gasteiger partial charge in [0.2, 0.25) is 5.88 Å². The minimum Gasteiger partial charge on any atom is -0.439 e. The molecule has 2 heterocycles. The van der Waals surface area contributed by atoms with E-state index >= 15 is 0 Å². The third-order valence-corrected chi connectivity index (χ3v) is 3.46. The molecule has 0 saturated carbocycles. The van der Waals surface area contributed by atoms with Crippen molar-refractivity contribution in [1.29, 1.82) is 0 Å². The Kier molecular flexibility index (Phi) is 3.48. The van der Waals surface area contributed by atoms with Crippen molar-refractivity contribution in [2.45, 2.75) is 26.3 Å². The lowest BCUT2D eigenvalue weighted by Crippen LogP contribution is -2.40. The summed E-state index contributed by atoms with van der Waals surface area (Å²) in [6.45, 7) is 5.25. The molecule has 1 fully saturated rings. The van der Waals surface area contributed by atoms with E-state index in [0.29, 0.717) is 5.75 Å². The molecule has 7 heteroatoms. The van der Waals surface area contributed by atoms with Gasteiger partial charge in [-0.1, -0.05) is 17.7 Å². The highest BCUT2D eigenvalue weighted by molar-refractivity contribution is 6.22. The SMILES string of the molecule is Cc1ccc(Oc2cc(N3C(=O)NC(C)(C)C3=O)ncn2)cc1.